The highest BCUT2D eigenvalue weighted by molar-refractivity contribution is 7.09. The molecule has 5 aromatic rings. The van der Waals surface area contributed by atoms with Crippen LogP contribution in [0.4, 0.5) is 5.95 Å². The highest BCUT2D eigenvalue weighted by Gasteiger charge is 2.08. The van der Waals surface area contributed by atoms with Crippen LogP contribution < -0.4 is 5.32 Å². The first-order valence-corrected chi connectivity index (χ1v) is 10.0. The third kappa shape index (κ3) is 3.72. The molecular weight excluding hydrogens is 380 g/mol. The van der Waals surface area contributed by atoms with Crippen LogP contribution in [0.1, 0.15) is 11.3 Å². The van der Waals surface area contributed by atoms with Crippen LogP contribution in [0.5, 0.6) is 0 Å². The zero-order valence-electron chi connectivity index (χ0n) is 15.8. The van der Waals surface area contributed by atoms with Crippen molar-refractivity contribution in [2.24, 2.45) is 0 Å². The average molecular weight is 398 g/mol. The number of anilines is 1. The molecule has 6 nitrogen and oxygen atoms in total. The number of pyridine rings is 1. The summed E-state index contributed by atoms with van der Waals surface area (Å²) in [5, 5.41) is 5.30. The Labute approximate surface area is 172 Å². The van der Waals surface area contributed by atoms with Gasteiger partial charge in [-0.05, 0) is 60.4 Å². The van der Waals surface area contributed by atoms with Crippen molar-refractivity contribution < 1.29 is 0 Å². The van der Waals surface area contributed by atoms with Crippen LogP contribution in [0, 0.1) is 6.92 Å². The molecular formula is C22H18N6S. The molecule has 142 valence electrons. The molecule has 3 aromatic heterocycles. The van der Waals surface area contributed by atoms with Crippen molar-refractivity contribution in [2.45, 2.75) is 13.5 Å². The van der Waals surface area contributed by atoms with E-state index < -0.39 is 0 Å². The molecule has 7 heteroatoms. The number of benzene rings is 2. The number of nitrogens with zero attached hydrogens (tertiary/aromatic N) is 5. The number of nitrogens with one attached hydrogen (secondary N) is 1. The van der Waals surface area contributed by atoms with E-state index in [1.54, 1.807) is 6.20 Å². The van der Waals surface area contributed by atoms with Gasteiger partial charge < -0.3 is 9.88 Å². The first-order chi connectivity index (χ1) is 14.2. The Kier molecular flexibility index (Phi) is 4.50. The molecule has 5 rings (SSSR count). The Morgan fingerprint density at radius 1 is 1.03 bits per heavy atom. The van der Waals surface area contributed by atoms with Gasteiger partial charge in [0.05, 0.1) is 17.5 Å². The van der Waals surface area contributed by atoms with E-state index in [2.05, 4.69) is 61.0 Å². The van der Waals surface area contributed by atoms with Crippen LogP contribution in [-0.4, -0.2) is 23.9 Å². The summed E-state index contributed by atoms with van der Waals surface area (Å²) in [5.74, 6) is 0.644. The van der Waals surface area contributed by atoms with Crippen molar-refractivity contribution in [1.29, 1.82) is 0 Å². The highest BCUT2D eigenvalue weighted by atomic mass is 32.1. The van der Waals surface area contributed by atoms with Crippen molar-refractivity contribution in [3.05, 3.63) is 84.6 Å². The van der Waals surface area contributed by atoms with Gasteiger partial charge in [-0.1, -0.05) is 18.2 Å². The van der Waals surface area contributed by atoms with E-state index in [-0.39, 0.29) is 0 Å². The van der Waals surface area contributed by atoms with Gasteiger partial charge in [0.15, 0.2) is 0 Å². The van der Waals surface area contributed by atoms with Crippen LogP contribution in [0.2, 0.25) is 0 Å². The molecule has 0 aliphatic carbocycles. The van der Waals surface area contributed by atoms with Gasteiger partial charge in [0.1, 0.15) is 5.01 Å². The summed E-state index contributed by atoms with van der Waals surface area (Å²) in [6, 6.07) is 18.5. The maximum Gasteiger partial charge on any atom is 0.235 e. The molecule has 3 heterocycles. The van der Waals surface area contributed by atoms with Crippen molar-refractivity contribution in [1.82, 2.24) is 23.9 Å². The minimum Gasteiger partial charge on any atom is -0.349 e. The van der Waals surface area contributed by atoms with Gasteiger partial charge in [0.2, 0.25) is 5.95 Å². The summed E-state index contributed by atoms with van der Waals surface area (Å²) in [6.45, 7) is 2.65. The fourth-order valence-corrected chi connectivity index (χ4v) is 3.79. The van der Waals surface area contributed by atoms with Crippen molar-refractivity contribution in [3.63, 3.8) is 0 Å². The summed E-state index contributed by atoms with van der Waals surface area (Å²) in [5.41, 5.74) is 5.29. The summed E-state index contributed by atoms with van der Waals surface area (Å²) < 4.78 is 6.46. The Morgan fingerprint density at radius 3 is 2.76 bits per heavy atom. The highest BCUT2D eigenvalue weighted by Crippen LogP contribution is 2.26. The van der Waals surface area contributed by atoms with Crippen LogP contribution in [0.3, 0.4) is 0 Å². The monoisotopic (exact) mass is 398 g/mol. The molecule has 1 N–H and O–H groups in total. The minimum absolute atomic E-state index is 0.644. The van der Waals surface area contributed by atoms with Crippen LogP contribution >= 0.6 is 11.5 Å². The molecule has 0 aliphatic heterocycles. The largest absolute Gasteiger partial charge is 0.349 e. The number of aryl methyl sites for hydroxylation is 1. The minimum atomic E-state index is 0.644. The predicted molar refractivity (Wildman–Crippen MR) is 116 cm³/mol. The summed E-state index contributed by atoms with van der Waals surface area (Å²) in [6.07, 6.45) is 5.64. The number of aromatic nitrogens is 5. The molecule has 2 aromatic carbocycles. The molecule has 0 aliphatic rings. The Bertz CT molecular complexity index is 1270. The number of fused-ring (bicyclic) bond motifs is 1. The molecule has 0 atom stereocenters. The van der Waals surface area contributed by atoms with E-state index in [4.69, 9.17) is 0 Å². The molecule has 0 saturated carbocycles. The lowest BCUT2D eigenvalue weighted by atomic mass is 10.1. The predicted octanol–water partition coefficient (Wildman–Crippen LogP) is 4.86. The zero-order valence-corrected chi connectivity index (χ0v) is 16.6. The third-order valence-electron chi connectivity index (χ3n) is 4.67. The Hall–Kier alpha value is -3.58. The van der Waals surface area contributed by atoms with E-state index >= 15 is 0 Å². The Balaban J connectivity index is 1.27. The summed E-state index contributed by atoms with van der Waals surface area (Å²) >= 11 is 1.39. The van der Waals surface area contributed by atoms with E-state index in [0.717, 1.165) is 32.9 Å². The van der Waals surface area contributed by atoms with E-state index in [1.165, 1.54) is 17.1 Å². The molecule has 0 amide bonds. The number of hydrogen-bond donors (Lipinski definition) is 1. The van der Waals surface area contributed by atoms with Gasteiger partial charge in [-0.2, -0.15) is 9.36 Å². The van der Waals surface area contributed by atoms with Gasteiger partial charge in [0.25, 0.3) is 0 Å². The van der Waals surface area contributed by atoms with Crippen LogP contribution in [0.15, 0.2) is 73.3 Å². The molecule has 29 heavy (non-hydrogen) atoms. The maximum atomic E-state index is 4.63. The van der Waals surface area contributed by atoms with Gasteiger partial charge in [-0.3, -0.25) is 4.98 Å². The van der Waals surface area contributed by atoms with Gasteiger partial charge >= 0.3 is 0 Å². The first-order valence-electron chi connectivity index (χ1n) is 9.27. The SMILES string of the molecule is Cc1cn(-c2ccc(CNc3nsc(-c4ccc5ncccc5c4)n3)cc2)cn1. The van der Waals surface area contributed by atoms with Gasteiger partial charge in [0, 0.05) is 35.6 Å². The second-order valence-electron chi connectivity index (χ2n) is 6.78. The van der Waals surface area contributed by atoms with E-state index in [0.29, 0.717) is 12.5 Å². The molecule has 0 unspecified atom stereocenters. The topological polar surface area (TPSA) is 68.5 Å². The standard InChI is InChI=1S/C22H18N6S/c1-15-13-28(14-25-15)19-7-4-16(5-8-19)12-24-22-26-21(29-27-22)18-6-9-20-17(11-18)3-2-10-23-20/h2-11,13-14H,12H2,1H3,(H,24,27). The van der Waals surface area contributed by atoms with Crippen molar-refractivity contribution in [3.8, 4) is 16.3 Å². The molecule has 0 bridgehead atoms. The van der Waals surface area contributed by atoms with Crippen molar-refractivity contribution >= 4 is 28.4 Å². The molecule has 0 spiro atoms. The lowest BCUT2D eigenvalue weighted by Crippen LogP contribution is -2.01. The third-order valence-corrected chi connectivity index (χ3v) is 5.44. The van der Waals surface area contributed by atoms with E-state index in [9.17, 15) is 0 Å². The number of hydrogen-bond acceptors (Lipinski definition) is 6. The van der Waals surface area contributed by atoms with Crippen LogP contribution in [0.25, 0.3) is 27.2 Å². The van der Waals surface area contributed by atoms with Crippen molar-refractivity contribution in [2.75, 3.05) is 5.32 Å². The average Bonchev–Trinajstić information content (AvgIpc) is 3.41. The van der Waals surface area contributed by atoms with E-state index in [1.807, 2.05) is 42.2 Å². The lowest BCUT2D eigenvalue weighted by molar-refractivity contribution is 1.04. The Morgan fingerprint density at radius 2 is 1.93 bits per heavy atom. The van der Waals surface area contributed by atoms with Gasteiger partial charge in [-0.25, -0.2) is 4.98 Å². The first kappa shape index (κ1) is 17.5. The second kappa shape index (κ2) is 7.44. The fraction of sp³-hybridized carbons (Fsp3) is 0.0909. The quantitative estimate of drug-likeness (QED) is 0.458. The molecule has 0 saturated heterocycles. The second-order valence-corrected chi connectivity index (χ2v) is 7.53. The normalized spacial score (nSPS) is 11.1. The lowest BCUT2D eigenvalue weighted by Gasteiger charge is -2.05. The maximum absolute atomic E-state index is 4.63. The smallest absolute Gasteiger partial charge is 0.235 e. The zero-order chi connectivity index (χ0) is 19.6. The molecule has 0 radical (unpaired) electrons. The number of imidazole rings is 1. The summed E-state index contributed by atoms with van der Waals surface area (Å²) in [4.78, 5) is 13.3. The number of rotatable bonds is 5. The fourth-order valence-electron chi connectivity index (χ4n) is 3.15. The van der Waals surface area contributed by atoms with Gasteiger partial charge in [-0.15, -0.1) is 0 Å². The van der Waals surface area contributed by atoms with Crippen LogP contribution in [-0.2, 0) is 6.54 Å². The summed E-state index contributed by atoms with van der Waals surface area (Å²) in [7, 11) is 0. The molecule has 0 fully saturated rings.